The molecular weight excluding hydrogens is 356 g/mol. The Kier molecular flexibility index (Phi) is 5.17. The lowest BCUT2D eigenvalue weighted by atomic mass is 10.3. The van der Waals surface area contributed by atoms with E-state index in [0.717, 1.165) is 17.1 Å². The molecule has 0 radical (unpaired) electrons. The Morgan fingerprint density at radius 2 is 1.92 bits per heavy atom. The molecule has 136 valence electrons. The molecule has 2 aromatic heterocycles. The minimum atomic E-state index is -0.288. The molecule has 1 aromatic carbocycles. The molecule has 10 heteroatoms. The van der Waals surface area contributed by atoms with Gasteiger partial charge in [0.25, 0.3) is 0 Å². The highest BCUT2D eigenvalue weighted by Crippen LogP contribution is 2.18. The molecule has 2 heterocycles. The van der Waals surface area contributed by atoms with Crippen LogP contribution < -0.4 is 10.6 Å². The van der Waals surface area contributed by atoms with Crippen molar-refractivity contribution in [3.63, 3.8) is 0 Å². The van der Waals surface area contributed by atoms with Crippen LogP contribution in [0.2, 0.25) is 5.02 Å². The monoisotopic (exact) mass is 374 g/mol. The number of carbonyl (C=O) groups is 1. The summed E-state index contributed by atoms with van der Waals surface area (Å²) in [7, 11) is 0. The quantitative estimate of drug-likeness (QED) is 0.713. The molecule has 0 spiro atoms. The van der Waals surface area contributed by atoms with Gasteiger partial charge in [-0.15, -0.1) is 5.10 Å². The number of carbonyl (C=O) groups excluding carboxylic acids is 1. The maximum Gasteiger partial charge on any atom is 0.319 e. The fourth-order valence-electron chi connectivity index (χ4n) is 2.50. The molecule has 0 aliphatic heterocycles. The van der Waals surface area contributed by atoms with Crippen LogP contribution in [0.1, 0.15) is 17.2 Å². The Labute approximate surface area is 155 Å². The lowest BCUT2D eigenvalue weighted by Crippen LogP contribution is -2.31. The summed E-state index contributed by atoms with van der Waals surface area (Å²) >= 11 is 6.11. The van der Waals surface area contributed by atoms with Crippen LogP contribution in [0.4, 0.5) is 10.5 Å². The van der Waals surface area contributed by atoms with Gasteiger partial charge in [-0.1, -0.05) is 11.6 Å². The SMILES string of the molecule is Cc1nn(CCNC(=O)Nc2ccc(-n3nnnc3C)cc2)c(C)c1Cl. The minimum Gasteiger partial charge on any atom is -0.336 e. The summed E-state index contributed by atoms with van der Waals surface area (Å²) < 4.78 is 3.39. The summed E-state index contributed by atoms with van der Waals surface area (Å²) in [4.78, 5) is 12.0. The number of hydrogen-bond donors (Lipinski definition) is 2. The zero-order chi connectivity index (χ0) is 18.7. The summed E-state index contributed by atoms with van der Waals surface area (Å²) in [6, 6.07) is 6.95. The summed E-state index contributed by atoms with van der Waals surface area (Å²) in [6.07, 6.45) is 0. The predicted molar refractivity (Wildman–Crippen MR) is 97.6 cm³/mol. The summed E-state index contributed by atoms with van der Waals surface area (Å²) in [6.45, 7) is 6.55. The molecule has 0 atom stereocenters. The fraction of sp³-hybridized carbons (Fsp3) is 0.312. The van der Waals surface area contributed by atoms with Crippen molar-refractivity contribution in [2.45, 2.75) is 27.3 Å². The van der Waals surface area contributed by atoms with Crippen LogP contribution in [0.25, 0.3) is 5.69 Å². The Hall–Kier alpha value is -2.94. The molecule has 0 fully saturated rings. The number of tetrazole rings is 1. The zero-order valence-electron chi connectivity index (χ0n) is 14.7. The lowest BCUT2D eigenvalue weighted by molar-refractivity contribution is 0.251. The molecule has 3 rings (SSSR count). The topological polar surface area (TPSA) is 103 Å². The molecule has 0 saturated carbocycles. The molecule has 0 saturated heterocycles. The highest BCUT2D eigenvalue weighted by atomic mass is 35.5. The Morgan fingerprint density at radius 3 is 2.50 bits per heavy atom. The van der Waals surface area contributed by atoms with Crippen LogP contribution in [-0.2, 0) is 6.54 Å². The number of benzene rings is 1. The number of halogens is 1. The molecule has 26 heavy (non-hydrogen) atoms. The van der Waals surface area contributed by atoms with E-state index in [1.165, 1.54) is 0 Å². The average Bonchev–Trinajstić information content (AvgIpc) is 3.15. The number of aromatic nitrogens is 6. The second kappa shape index (κ2) is 7.52. The highest BCUT2D eigenvalue weighted by Gasteiger charge is 2.09. The first kappa shape index (κ1) is 17.9. The van der Waals surface area contributed by atoms with Crippen molar-refractivity contribution < 1.29 is 4.79 Å². The Morgan fingerprint density at radius 1 is 1.19 bits per heavy atom. The standard InChI is InChI=1S/C16H19ClN8O/c1-10-15(17)11(2)24(21-10)9-8-18-16(26)19-13-4-6-14(7-5-13)25-12(3)20-22-23-25/h4-7H,8-9H2,1-3H3,(H2,18,19,26). The number of hydrogen-bond acceptors (Lipinski definition) is 5. The summed E-state index contributed by atoms with van der Waals surface area (Å²) in [5.74, 6) is 0.688. The number of aryl methyl sites for hydroxylation is 2. The van der Waals surface area contributed by atoms with Crippen molar-refractivity contribution in [3.8, 4) is 5.69 Å². The van der Waals surface area contributed by atoms with Crippen molar-refractivity contribution in [3.05, 3.63) is 46.5 Å². The predicted octanol–water partition coefficient (Wildman–Crippen LogP) is 2.26. The first-order valence-electron chi connectivity index (χ1n) is 8.05. The third kappa shape index (κ3) is 3.83. The van der Waals surface area contributed by atoms with E-state index in [1.807, 2.05) is 32.9 Å². The first-order chi connectivity index (χ1) is 12.5. The van der Waals surface area contributed by atoms with E-state index in [0.29, 0.717) is 29.6 Å². The molecule has 3 aromatic rings. The van der Waals surface area contributed by atoms with Crippen molar-refractivity contribution in [2.75, 3.05) is 11.9 Å². The van der Waals surface area contributed by atoms with Crippen molar-refractivity contribution in [1.29, 1.82) is 0 Å². The van der Waals surface area contributed by atoms with Crippen LogP contribution in [0.3, 0.4) is 0 Å². The van der Waals surface area contributed by atoms with Gasteiger partial charge in [0.1, 0.15) is 0 Å². The lowest BCUT2D eigenvalue weighted by Gasteiger charge is -2.09. The maximum absolute atomic E-state index is 12.0. The van der Waals surface area contributed by atoms with E-state index in [4.69, 9.17) is 11.6 Å². The minimum absolute atomic E-state index is 0.288. The van der Waals surface area contributed by atoms with Crippen LogP contribution >= 0.6 is 11.6 Å². The second-order valence-corrected chi connectivity index (χ2v) is 6.15. The molecule has 2 amide bonds. The van der Waals surface area contributed by atoms with Gasteiger partial charge in [-0.2, -0.15) is 9.78 Å². The Balaban J connectivity index is 1.52. The molecule has 0 aliphatic carbocycles. The number of amides is 2. The van der Waals surface area contributed by atoms with Crippen molar-refractivity contribution >= 4 is 23.3 Å². The molecular formula is C16H19ClN8O. The zero-order valence-corrected chi connectivity index (χ0v) is 15.4. The smallest absolute Gasteiger partial charge is 0.319 e. The Bertz CT molecular complexity index is 915. The fourth-order valence-corrected chi connectivity index (χ4v) is 2.64. The largest absolute Gasteiger partial charge is 0.336 e. The summed E-state index contributed by atoms with van der Waals surface area (Å²) in [5.41, 5.74) is 3.16. The van der Waals surface area contributed by atoms with Gasteiger partial charge in [0.15, 0.2) is 5.82 Å². The number of urea groups is 1. The molecule has 2 N–H and O–H groups in total. The van der Waals surface area contributed by atoms with Gasteiger partial charge in [-0.3, -0.25) is 4.68 Å². The number of nitrogens with zero attached hydrogens (tertiary/aromatic N) is 6. The van der Waals surface area contributed by atoms with Gasteiger partial charge < -0.3 is 10.6 Å². The third-order valence-electron chi connectivity index (χ3n) is 3.90. The van der Waals surface area contributed by atoms with Gasteiger partial charge in [-0.05, 0) is 55.5 Å². The number of anilines is 1. The highest BCUT2D eigenvalue weighted by molar-refractivity contribution is 6.31. The van der Waals surface area contributed by atoms with E-state index in [-0.39, 0.29) is 6.03 Å². The average molecular weight is 375 g/mol. The molecule has 0 aliphatic rings. The molecule has 0 unspecified atom stereocenters. The van der Waals surface area contributed by atoms with E-state index >= 15 is 0 Å². The number of rotatable bonds is 5. The molecule has 9 nitrogen and oxygen atoms in total. The van der Waals surface area contributed by atoms with Gasteiger partial charge in [0.2, 0.25) is 0 Å². The van der Waals surface area contributed by atoms with Crippen LogP contribution in [0.5, 0.6) is 0 Å². The van der Waals surface area contributed by atoms with Crippen molar-refractivity contribution in [2.24, 2.45) is 0 Å². The molecule has 0 bridgehead atoms. The van der Waals surface area contributed by atoms with E-state index in [2.05, 4.69) is 31.3 Å². The van der Waals surface area contributed by atoms with E-state index < -0.39 is 0 Å². The van der Waals surface area contributed by atoms with E-state index in [1.54, 1.807) is 21.5 Å². The third-order valence-corrected chi connectivity index (χ3v) is 4.44. The number of nitrogens with one attached hydrogen (secondary N) is 2. The summed E-state index contributed by atoms with van der Waals surface area (Å²) in [5, 5.41) is 21.9. The van der Waals surface area contributed by atoms with Crippen LogP contribution in [0, 0.1) is 20.8 Å². The van der Waals surface area contributed by atoms with Gasteiger partial charge in [0, 0.05) is 12.2 Å². The van der Waals surface area contributed by atoms with E-state index in [9.17, 15) is 4.79 Å². The normalized spacial score (nSPS) is 10.8. The second-order valence-electron chi connectivity index (χ2n) is 5.77. The maximum atomic E-state index is 12.0. The van der Waals surface area contributed by atoms with Gasteiger partial charge in [0.05, 0.1) is 28.6 Å². The van der Waals surface area contributed by atoms with Crippen LogP contribution in [0.15, 0.2) is 24.3 Å². The van der Waals surface area contributed by atoms with Crippen LogP contribution in [-0.4, -0.2) is 42.6 Å². The van der Waals surface area contributed by atoms with Gasteiger partial charge in [-0.25, -0.2) is 4.79 Å². The first-order valence-corrected chi connectivity index (χ1v) is 8.43. The van der Waals surface area contributed by atoms with Crippen molar-refractivity contribution in [1.82, 2.24) is 35.3 Å². The van der Waals surface area contributed by atoms with Gasteiger partial charge >= 0.3 is 6.03 Å².